The zero-order valence-corrected chi connectivity index (χ0v) is 13.0. The second kappa shape index (κ2) is 5.37. The van der Waals surface area contributed by atoms with E-state index < -0.39 is 0 Å². The van der Waals surface area contributed by atoms with Crippen LogP contribution in [0.1, 0.15) is 31.0 Å². The molecule has 2 rings (SSSR count). The Balaban J connectivity index is 3.03. The van der Waals surface area contributed by atoms with Gasteiger partial charge in [0.15, 0.2) is 5.43 Å². The lowest BCUT2D eigenvalue weighted by molar-refractivity contribution is 0.397. The van der Waals surface area contributed by atoms with Gasteiger partial charge in [0.25, 0.3) is 0 Å². The number of halogens is 1. The minimum atomic E-state index is -0.0755. The molecule has 0 fully saturated rings. The lowest BCUT2D eigenvalue weighted by Gasteiger charge is -2.15. The summed E-state index contributed by atoms with van der Waals surface area (Å²) in [6.07, 6.45) is 0. The number of aromatic amines is 1. The number of H-pyrrole nitrogens is 1. The average molecular weight is 296 g/mol. The quantitative estimate of drug-likeness (QED) is 0.940. The summed E-state index contributed by atoms with van der Waals surface area (Å²) in [6, 6.07) is 1.68. The van der Waals surface area contributed by atoms with E-state index in [2.05, 4.69) is 4.98 Å². The third kappa shape index (κ3) is 2.14. The average Bonchev–Trinajstić information content (AvgIpc) is 2.38. The minimum Gasteiger partial charge on any atom is -0.495 e. The van der Waals surface area contributed by atoms with Gasteiger partial charge in [0.1, 0.15) is 11.5 Å². The fourth-order valence-corrected chi connectivity index (χ4v) is 2.82. The van der Waals surface area contributed by atoms with Crippen LogP contribution in [0, 0.1) is 6.92 Å². The molecule has 0 aliphatic heterocycles. The Kier molecular flexibility index (Phi) is 3.95. The first-order valence-corrected chi connectivity index (χ1v) is 6.77. The molecule has 2 aromatic rings. The van der Waals surface area contributed by atoms with Gasteiger partial charge in [-0.25, -0.2) is 0 Å². The van der Waals surface area contributed by atoms with Gasteiger partial charge in [0, 0.05) is 17.3 Å². The van der Waals surface area contributed by atoms with E-state index in [0.29, 0.717) is 27.4 Å². The molecule has 0 aliphatic rings. The number of nitrogens with one attached hydrogen (secondary N) is 1. The van der Waals surface area contributed by atoms with Gasteiger partial charge in [-0.05, 0) is 12.8 Å². The number of aromatic nitrogens is 1. The van der Waals surface area contributed by atoms with Crippen LogP contribution in [0.25, 0.3) is 10.9 Å². The van der Waals surface area contributed by atoms with Crippen LogP contribution < -0.4 is 14.9 Å². The van der Waals surface area contributed by atoms with Gasteiger partial charge in [-0.1, -0.05) is 25.4 Å². The van der Waals surface area contributed by atoms with Gasteiger partial charge in [-0.2, -0.15) is 0 Å². The van der Waals surface area contributed by atoms with Crippen LogP contribution in [0.3, 0.4) is 0 Å². The van der Waals surface area contributed by atoms with Crippen molar-refractivity contribution in [2.45, 2.75) is 26.7 Å². The number of aryl methyl sites for hydroxylation is 1. The van der Waals surface area contributed by atoms with Crippen LogP contribution in [-0.2, 0) is 0 Å². The molecule has 1 aromatic carbocycles. The zero-order valence-electron chi connectivity index (χ0n) is 12.3. The minimum absolute atomic E-state index is 0.0755. The first kappa shape index (κ1) is 14.7. The lowest BCUT2D eigenvalue weighted by Crippen LogP contribution is -2.15. The summed E-state index contributed by atoms with van der Waals surface area (Å²) < 4.78 is 10.5. The molecule has 1 aromatic heterocycles. The van der Waals surface area contributed by atoms with E-state index in [1.165, 1.54) is 7.11 Å². The normalized spacial score (nSPS) is 11.2. The van der Waals surface area contributed by atoms with Crippen molar-refractivity contribution in [3.8, 4) is 11.5 Å². The van der Waals surface area contributed by atoms with Crippen molar-refractivity contribution in [3.63, 3.8) is 0 Å². The molecule has 0 saturated heterocycles. The number of hydrogen-bond acceptors (Lipinski definition) is 3. The smallest absolute Gasteiger partial charge is 0.194 e. The number of rotatable bonds is 3. The summed E-state index contributed by atoms with van der Waals surface area (Å²) >= 11 is 6.30. The number of fused-ring (bicyclic) bond motifs is 1. The third-order valence-electron chi connectivity index (χ3n) is 3.40. The van der Waals surface area contributed by atoms with Gasteiger partial charge < -0.3 is 14.5 Å². The van der Waals surface area contributed by atoms with Crippen LogP contribution >= 0.6 is 11.6 Å². The first-order valence-electron chi connectivity index (χ1n) is 6.39. The van der Waals surface area contributed by atoms with E-state index in [9.17, 15) is 4.79 Å². The number of hydrogen-bond donors (Lipinski definition) is 1. The molecular formula is C15H18ClNO3. The molecule has 0 radical (unpaired) electrons. The summed E-state index contributed by atoms with van der Waals surface area (Å²) in [7, 11) is 3.06. The second-order valence-electron chi connectivity index (χ2n) is 4.99. The Hall–Kier alpha value is -1.68. The fraction of sp³-hybridized carbons (Fsp3) is 0.400. The number of benzene rings is 1. The van der Waals surface area contributed by atoms with Gasteiger partial charge in [-0.15, -0.1) is 0 Å². The van der Waals surface area contributed by atoms with Crippen LogP contribution in [0.5, 0.6) is 11.5 Å². The maximum absolute atomic E-state index is 12.7. The number of ether oxygens (including phenoxy) is 2. The van der Waals surface area contributed by atoms with Gasteiger partial charge in [0.2, 0.25) is 0 Å². The summed E-state index contributed by atoms with van der Waals surface area (Å²) in [4.78, 5) is 16.0. The van der Waals surface area contributed by atoms with Crippen LogP contribution in [-0.4, -0.2) is 19.2 Å². The molecule has 1 N–H and O–H groups in total. The van der Waals surface area contributed by atoms with Crippen molar-refractivity contribution in [2.75, 3.05) is 14.2 Å². The molecule has 0 spiro atoms. The van der Waals surface area contributed by atoms with E-state index in [4.69, 9.17) is 21.1 Å². The molecule has 4 nitrogen and oxygen atoms in total. The topological polar surface area (TPSA) is 51.3 Å². The van der Waals surface area contributed by atoms with Crippen molar-refractivity contribution in [1.82, 2.24) is 4.98 Å². The first-order chi connectivity index (χ1) is 9.42. The molecule has 0 atom stereocenters. The van der Waals surface area contributed by atoms with Crippen molar-refractivity contribution < 1.29 is 9.47 Å². The third-order valence-corrected chi connectivity index (χ3v) is 3.78. The number of methoxy groups -OCH3 is 2. The second-order valence-corrected chi connectivity index (χ2v) is 5.37. The molecule has 108 valence electrons. The van der Waals surface area contributed by atoms with Crippen molar-refractivity contribution >= 4 is 22.5 Å². The Labute approximate surface area is 122 Å². The molecule has 20 heavy (non-hydrogen) atoms. The van der Waals surface area contributed by atoms with Gasteiger partial charge in [-0.3, -0.25) is 4.79 Å². The molecular weight excluding hydrogens is 278 g/mol. The summed E-state index contributed by atoms with van der Waals surface area (Å²) in [5.74, 6) is 1.08. The largest absolute Gasteiger partial charge is 0.495 e. The Morgan fingerprint density at radius 1 is 1.20 bits per heavy atom. The standard InChI is InChI=1S/C15H18ClNO3/c1-7(2)11-8(3)17-14-10(20-5)6-9(19-4)13(16)12(14)15(11)18/h6-7H,1-5H3,(H,17,18). The predicted octanol–water partition coefficient (Wildman–Crippen LogP) is 3.63. The summed E-state index contributed by atoms with van der Waals surface area (Å²) in [5.41, 5.74) is 2.09. The fourth-order valence-electron chi connectivity index (χ4n) is 2.51. The zero-order chi connectivity index (χ0) is 15.0. The molecule has 0 aliphatic carbocycles. The van der Waals surface area contributed by atoms with E-state index in [0.717, 1.165) is 11.3 Å². The monoisotopic (exact) mass is 295 g/mol. The van der Waals surface area contributed by atoms with Crippen molar-refractivity contribution in [1.29, 1.82) is 0 Å². The maximum atomic E-state index is 12.7. The lowest BCUT2D eigenvalue weighted by atomic mass is 9.98. The van der Waals surface area contributed by atoms with E-state index >= 15 is 0 Å². The highest BCUT2D eigenvalue weighted by Gasteiger charge is 2.20. The highest BCUT2D eigenvalue weighted by Crippen LogP contribution is 2.37. The van der Waals surface area contributed by atoms with Crippen LogP contribution in [0.15, 0.2) is 10.9 Å². The van der Waals surface area contributed by atoms with Crippen LogP contribution in [0.4, 0.5) is 0 Å². The van der Waals surface area contributed by atoms with E-state index in [-0.39, 0.29) is 11.3 Å². The van der Waals surface area contributed by atoms with Gasteiger partial charge >= 0.3 is 0 Å². The van der Waals surface area contributed by atoms with Gasteiger partial charge in [0.05, 0.1) is 30.1 Å². The Morgan fingerprint density at radius 3 is 2.30 bits per heavy atom. The number of pyridine rings is 1. The summed E-state index contributed by atoms with van der Waals surface area (Å²) in [6.45, 7) is 5.84. The van der Waals surface area contributed by atoms with E-state index in [1.807, 2.05) is 20.8 Å². The predicted molar refractivity (Wildman–Crippen MR) is 81.5 cm³/mol. The highest BCUT2D eigenvalue weighted by atomic mass is 35.5. The summed E-state index contributed by atoms with van der Waals surface area (Å²) in [5, 5.41) is 0.726. The van der Waals surface area contributed by atoms with Crippen molar-refractivity contribution in [2.24, 2.45) is 0 Å². The Morgan fingerprint density at radius 2 is 1.80 bits per heavy atom. The highest BCUT2D eigenvalue weighted by molar-refractivity contribution is 6.37. The molecule has 0 saturated carbocycles. The van der Waals surface area contributed by atoms with Crippen molar-refractivity contribution in [3.05, 3.63) is 32.6 Å². The molecule has 0 unspecified atom stereocenters. The maximum Gasteiger partial charge on any atom is 0.194 e. The molecule has 5 heteroatoms. The molecule has 0 bridgehead atoms. The van der Waals surface area contributed by atoms with Crippen LogP contribution in [0.2, 0.25) is 5.02 Å². The molecule has 0 amide bonds. The SMILES string of the molecule is COc1cc(OC)c2[nH]c(C)c(C(C)C)c(=O)c2c1Cl. The molecule has 1 heterocycles. The van der Waals surface area contributed by atoms with E-state index in [1.54, 1.807) is 13.2 Å². The Bertz CT molecular complexity index is 719.